The summed E-state index contributed by atoms with van der Waals surface area (Å²) in [4.78, 5) is 3.14. The molecular formula is C14H27BrN2O2S. The van der Waals surface area contributed by atoms with Crippen molar-refractivity contribution in [2.45, 2.75) is 37.4 Å². The Kier molecular flexibility index (Phi) is 5.91. The lowest BCUT2D eigenvalue weighted by atomic mass is 9.92. The van der Waals surface area contributed by atoms with E-state index >= 15 is 0 Å². The van der Waals surface area contributed by atoms with Gasteiger partial charge in [-0.05, 0) is 50.6 Å². The molecule has 0 aromatic heterocycles. The monoisotopic (exact) mass is 366 g/mol. The van der Waals surface area contributed by atoms with Gasteiger partial charge in [0, 0.05) is 24.5 Å². The lowest BCUT2D eigenvalue weighted by molar-refractivity contribution is 0.136. The molecule has 2 saturated heterocycles. The molecule has 2 heterocycles. The van der Waals surface area contributed by atoms with E-state index in [-0.39, 0.29) is 0 Å². The minimum absolute atomic E-state index is 0.511. The van der Waals surface area contributed by atoms with Crippen LogP contribution in [0.25, 0.3) is 0 Å². The summed E-state index contributed by atoms with van der Waals surface area (Å²) in [6.07, 6.45) is 6.02. The molecule has 0 spiro atoms. The summed E-state index contributed by atoms with van der Waals surface area (Å²) >= 11 is 3.69. The number of rotatable bonds is 4. The minimum Gasteiger partial charge on any atom is -0.303 e. The topological polar surface area (TPSA) is 40.6 Å². The minimum atomic E-state index is -3.01. The Labute approximate surface area is 132 Å². The van der Waals surface area contributed by atoms with Gasteiger partial charge in [-0.2, -0.15) is 0 Å². The molecule has 2 atom stereocenters. The number of piperidine rings is 2. The molecule has 2 rings (SSSR count). The van der Waals surface area contributed by atoms with Crippen molar-refractivity contribution in [3.05, 3.63) is 0 Å². The van der Waals surface area contributed by atoms with E-state index in [4.69, 9.17) is 0 Å². The highest BCUT2D eigenvalue weighted by atomic mass is 79.9. The van der Waals surface area contributed by atoms with E-state index in [9.17, 15) is 8.42 Å². The Bertz CT molecular complexity index is 405. The second kappa shape index (κ2) is 7.07. The second-order valence-electron chi connectivity index (χ2n) is 6.44. The first-order chi connectivity index (χ1) is 9.36. The summed E-state index contributed by atoms with van der Waals surface area (Å²) in [6, 6.07) is 0. The normalized spacial score (nSPS) is 29.4. The molecule has 0 aliphatic carbocycles. The quantitative estimate of drug-likeness (QED) is 0.715. The Balaban J connectivity index is 1.79. The fraction of sp³-hybridized carbons (Fsp3) is 1.00. The van der Waals surface area contributed by atoms with Crippen molar-refractivity contribution in [1.29, 1.82) is 0 Å². The summed E-state index contributed by atoms with van der Waals surface area (Å²) in [7, 11) is -3.01. The molecular weight excluding hydrogens is 340 g/mol. The lowest BCUT2D eigenvalue weighted by Crippen LogP contribution is -2.45. The lowest BCUT2D eigenvalue weighted by Gasteiger charge is -2.38. The van der Waals surface area contributed by atoms with Crippen LogP contribution in [-0.4, -0.2) is 61.4 Å². The molecule has 0 amide bonds. The maximum Gasteiger partial charge on any atom is 0.211 e. The number of hydrogen-bond acceptors (Lipinski definition) is 3. The van der Waals surface area contributed by atoms with Crippen molar-refractivity contribution in [3.8, 4) is 0 Å². The van der Waals surface area contributed by atoms with E-state index in [1.54, 1.807) is 4.31 Å². The summed E-state index contributed by atoms with van der Waals surface area (Å²) in [5, 5.41) is 0. The van der Waals surface area contributed by atoms with Crippen LogP contribution in [0.4, 0.5) is 0 Å². The van der Waals surface area contributed by atoms with Gasteiger partial charge in [-0.25, -0.2) is 12.7 Å². The van der Waals surface area contributed by atoms with Crippen molar-refractivity contribution in [2.75, 3.05) is 39.0 Å². The zero-order chi connectivity index (χ0) is 14.8. The van der Waals surface area contributed by atoms with E-state index in [2.05, 4.69) is 27.8 Å². The molecule has 0 radical (unpaired) electrons. The molecule has 2 aliphatic heterocycles. The Morgan fingerprint density at radius 3 is 2.40 bits per heavy atom. The largest absolute Gasteiger partial charge is 0.303 e. The van der Waals surface area contributed by atoms with Crippen LogP contribution in [-0.2, 0) is 10.0 Å². The van der Waals surface area contributed by atoms with Gasteiger partial charge in [0.05, 0.1) is 6.26 Å². The Morgan fingerprint density at radius 2 is 1.85 bits per heavy atom. The van der Waals surface area contributed by atoms with Crippen molar-refractivity contribution in [2.24, 2.45) is 11.8 Å². The average molecular weight is 367 g/mol. The Hall–Kier alpha value is 0.350. The van der Waals surface area contributed by atoms with Gasteiger partial charge in [0.15, 0.2) is 0 Å². The first-order valence-electron chi connectivity index (χ1n) is 7.68. The van der Waals surface area contributed by atoms with Gasteiger partial charge in [-0.1, -0.05) is 22.9 Å². The van der Waals surface area contributed by atoms with E-state index in [0.29, 0.717) is 23.8 Å². The van der Waals surface area contributed by atoms with Crippen LogP contribution in [0.5, 0.6) is 0 Å². The van der Waals surface area contributed by atoms with Crippen molar-refractivity contribution < 1.29 is 8.42 Å². The van der Waals surface area contributed by atoms with E-state index in [0.717, 1.165) is 32.0 Å². The number of halogens is 1. The second-order valence-corrected chi connectivity index (χ2v) is 9.87. The highest BCUT2D eigenvalue weighted by molar-refractivity contribution is 9.09. The summed E-state index contributed by atoms with van der Waals surface area (Å²) < 4.78 is 25.0. The highest BCUT2D eigenvalue weighted by Crippen LogP contribution is 2.27. The van der Waals surface area contributed by atoms with Crippen LogP contribution in [0.1, 0.15) is 32.6 Å². The highest BCUT2D eigenvalue weighted by Gasteiger charge is 2.29. The molecule has 0 saturated carbocycles. The molecule has 118 valence electrons. The van der Waals surface area contributed by atoms with Gasteiger partial charge in [-0.15, -0.1) is 0 Å². The van der Waals surface area contributed by atoms with Crippen molar-refractivity contribution >= 4 is 26.0 Å². The maximum atomic E-state index is 11.6. The third-order valence-electron chi connectivity index (χ3n) is 4.75. The fourth-order valence-corrected chi connectivity index (χ4v) is 4.91. The zero-order valence-electron chi connectivity index (χ0n) is 12.6. The molecule has 0 N–H and O–H groups in total. The van der Waals surface area contributed by atoms with Crippen LogP contribution in [0.15, 0.2) is 0 Å². The maximum absolute atomic E-state index is 11.6. The zero-order valence-corrected chi connectivity index (χ0v) is 15.0. The van der Waals surface area contributed by atoms with Crippen LogP contribution < -0.4 is 0 Å². The number of alkyl halides is 1. The molecule has 0 aromatic carbocycles. The molecule has 0 bridgehead atoms. The third kappa shape index (κ3) is 4.68. The first-order valence-corrected chi connectivity index (χ1v) is 10.4. The average Bonchev–Trinajstić information content (AvgIpc) is 2.38. The molecule has 6 heteroatoms. The molecule has 4 nitrogen and oxygen atoms in total. The van der Waals surface area contributed by atoms with E-state index in [1.807, 2.05) is 0 Å². The Morgan fingerprint density at radius 1 is 1.20 bits per heavy atom. The predicted molar refractivity (Wildman–Crippen MR) is 86.7 cm³/mol. The molecule has 2 unspecified atom stereocenters. The number of likely N-dealkylation sites (tertiary alicyclic amines) is 1. The molecule has 2 aliphatic rings. The molecule has 20 heavy (non-hydrogen) atoms. The van der Waals surface area contributed by atoms with Crippen LogP contribution in [0.3, 0.4) is 0 Å². The summed E-state index contributed by atoms with van der Waals surface area (Å²) in [5.41, 5.74) is 0. The van der Waals surface area contributed by atoms with Crippen molar-refractivity contribution in [1.82, 2.24) is 9.21 Å². The fourth-order valence-electron chi connectivity index (χ4n) is 3.44. The van der Waals surface area contributed by atoms with Crippen LogP contribution in [0.2, 0.25) is 0 Å². The smallest absolute Gasteiger partial charge is 0.211 e. The summed E-state index contributed by atoms with van der Waals surface area (Å²) in [6.45, 7) is 7.05. The standard InChI is InChI=1S/C14H27BrN2O2S/c1-12(15)14-5-8-16(9-6-14)10-13-4-3-7-17(11-13)20(2,18)19/h12-14H,3-11H2,1-2H3. The molecule has 2 fully saturated rings. The number of sulfonamides is 1. The van der Waals surface area contributed by atoms with E-state index in [1.165, 1.54) is 25.5 Å². The number of nitrogens with zero attached hydrogens (tertiary/aromatic N) is 2. The predicted octanol–water partition coefficient (Wildman–Crippen LogP) is 2.15. The van der Waals surface area contributed by atoms with Crippen LogP contribution in [0, 0.1) is 11.8 Å². The first kappa shape index (κ1) is 16.7. The van der Waals surface area contributed by atoms with Crippen LogP contribution >= 0.6 is 15.9 Å². The van der Waals surface area contributed by atoms with Gasteiger partial charge in [-0.3, -0.25) is 0 Å². The van der Waals surface area contributed by atoms with Gasteiger partial charge < -0.3 is 4.90 Å². The van der Waals surface area contributed by atoms with Crippen molar-refractivity contribution in [3.63, 3.8) is 0 Å². The van der Waals surface area contributed by atoms with Gasteiger partial charge in [0.25, 0.3) is 0 Å². The summed E-state index contributed by atoms with van der Waals surface area (Å²) in [5.74, 6) is 1.31. The third-order valence-corrected chi connectivity index (χ3v) is 6.77. The van der Waals surface area contributed by atoms with Gasteiger partial charge in [0.1, 0.15) is 0 Å². The van der Waals surface area contributed by atoms with Gasteiger partial charge in [0.2, 0.25) is 10.0 Å². The SMILES string of the molecule is CC(Br)C1CCN(CC2CCCN(S(C)(=O)=O)C2)CC1. The number of hydrogen-bond donors (Lipinski definition) is 0. The van der Waals surface area contributed by atoms with Gasteiger partial charge >= 0.3 is 0 Å². The van der Waals surface area contributed by atoms with E-state index < -0.39 is 10.0 Å². The molecule has 0 aromatic rings.